The number of hydrogen-bond donors (Lipinski definition) is 1. The lowest BCUT2D eigenvalue weighted by molar-refractivity contribution is 0.281. The van der Waals surface area contributed by atoms with E-state index in [1.807, 2.05) is 0 Å². The fourth-order valence-electron chi connectivity index (χ4n) is 2.62. The summed E-state index contributed by atoms with van der Waals surface area (Å²) in [4.78, 5) is 0. The molecule has 0 saturated heterocycles. The predicted octanol–water partition coefficient (Wildman–Crippen LogP) is 3.80. The third-order valence-corrected chi connectivity index (χ3v) is 3.78. The Morgan fingerprint density at radius 2 is 1.76 bits per heavy atom. The first kappa shape index (κ1) is 16.9. The van der Waals surface area contributed by atoms with Gasteiger partial charge in [-0.2, -0.15) is 0 Å². The monoisotopic (exact) mass is 347 g/mol. The van der Waals surface area contributed by atoms with E-state index in [0.29, 0.717) is 17.1 Å². The molecule has 0 aliphatic rings. The molecule has 0 bridgehead atoms. The Labute approximate surface area is 142 Å². The molecule has 25 heavy (non-hydrogen) atoms. The van der Waals surface area contributed by atoms with Gasteiger partial charge in [0, 0.05) is 5.56 Å². The van der Waals surface area contributed by atoms with Crippen LogP contribution in [0.4, 0.5) is 8.78 Å². The fraction of sp³-hybridized carbons (Fsp3) is 0.167. The number of nitrogens with zero attached hydrogens (tertiary/aromatic N) is 1. The van der Waals surface area contributed by atoms with Crippen molar-refractivity contribution in [3.63, 3.8) is 0 Å². The average molecular weight is 347 g/mol. The van der Waals surface area contributed by atoms with Crippen LogP contribution < -0.4 is 9.47 Å². The number of methoxy groups -OCH3 is 2. The number of rotatable bonds is 5. The van der Waals surface area contributed by atoms with E-state index in [0.717, 1.165) is 18.2 Å². The fourth-order valence-corrected chi connectivity index (χ4v) is 2.62. The molecule has 1 heterocycles. The normalized spacial score (nSPS) is 10.8. The first-order chi connectivity index (χ1) is 12.1. The minimum atomic E-state index is -0.678. The highest BCUT2D eigenvalue weighted by molar-refractivity contribution is 5.80. The molecule has 0 fully saturated rings. The third kappa shape index (κ3) is 2.94. The number of aromatic nitrogens is 1. The lowest BCUT2D eigenvalue weighted by atomic mass is 10.0. The van der Waals surface area contributed by atoms with Crippen LogP contribution in [0.1, 0.15) is 5.56 Å². The molecule has 1 N–H and O–H groups in total. The van der Waals surface area contributed by atoms with E-state index in [2.05, 4.69) is 5.16 Å². The van der Waals surface area contributed by atoms with Gasteiger partial charge in [0.2, 0.25) is 0 Å². The van der Waals surface area contributed by atoms with Crippen molar-refractivity contribution >= 4 is 0 Å². The Morgan fingerprint density at radius 3 is 2.36 bits per heavy atom. The van der Waals surface area contributed by atoms with Gasteiger partial charge >= 0.3 is 0 Å². The van der Waals surface area contributed by atoms with Crippen LogP contribution in [-0.4, -0.2) is 24.5 Å². The number of aliphatic hydroxyl groups excluding tert-OH is 1. The quantitative estimate of drug-likeness (QED) is 0.761. The zero-order valence-electron chi connectivity index (χ0n) is 13.5. The Kier molecular flexibility index (Phi) is 4.67. The van der Waals surface area contributed by atoms with E-state index in [1.165, 1.54) is 14.2 Å². The van der Waals surface area contributed by atoms with Crippen molar-refractivity contribution in [2.45, 2.75) is 6.61 Å². The zero-order chi connectivity index (χ0) is 18.0. The second-order valence-corrected chi connectivity index (χ2v) is 5.16. The molecule has 0 spiro atoms. The molecule has 0 unspecified atom stereocenters. The van der Waals surface area contributed by atoms with E-state index >= 15 is 0 Å². The van der Waals surface area contributed by atoms with Crippen molar-refractivity contribution < 1.29 is 27.9 Å². The number of aliphatic hydroxyl groups is 1. The van der Waals surface area contributed by atoms with Crippen molar-refractivity contribution in [2.75, 3.05) is 14.2 Å². The summed E-state index contributed by atoms with van der Waals surface area (Å²) in [6.45, 7) is -0.495. The lowest BCUT2D eigenvalue weighted by Gasteiger charge is -2.11. The number of ether oxygens (including phenoxy) is 2. The van der Waals surface area contributed by atoms with Gasteiger partial charge in [-0.3, -0.25) is 0 Å². The maximum atomic E-state index is 14.1. The van der Waals surface area contributed by atoms with Crippen LogP contribution in [0, 0.1) is 11.6 Å². The van der Waals surface area contributed by atoms with Crippen LogP contribution >= 0.6 is 0 Å². The molecule has 3 rings (SSSR count). The second-order valence-electron chi connectivity index (χ2n) is 5.16. The summed E-state index contributed by atoms with van der Waals surface area (Å²) in [5, 5.41) is 13.6. The van der Waals surface area contributed by atoms with Crippen molar-refractivity contribution in [3.8, 4) is 34.1 Å². The van der Waals surface area contributed by atoms with Crippen molar-refractivity contribution in [1.29, 1.82) is 0 Å². The van der Waals surface area contributed by atoms with E-state index in [-0.39, 0.29) is 22.6 Å². The predicted molar refractivity (Wildman–Crippen MR) is 86.3 cm³/mol. The first-order valence-corrected chi connectivity index (χ1v) is 7.36. The van der Waals surface area contributed by atoms with E-state index < -0.39 is 18.2 Å². The van der Waals surface area contributed by atoms with Crippen LogP contribution in [0.25, 0.3) is 22.6 Å². The van der Waals surface area contributed by atoms with Crippen LogP contribution in [0.15, 0.2) is 40.9 Å². The Morgan fingerprint density at radius 1 is 1.08 bits per heavy atom. The van der Waals surface area contributed by atoms with Gasteiger partial charge in [-0.25, -0.2) is 8.78 Å². The minimum Gasteiger partial charge on any atom is -0.496 e. The van der Waals surface area contributed by atoms with Crippen molar-refractivity contribution in [2.24, 2.45) is 0 Å². The molecule has 7 heteroatoms. The standard InChI is InChI=1S/C18H15F2NO4/c1-23-14-4-3-5-15(24-2)16(14)18-12(9-22)17(21-25-18)11-8-10(19)6-7-13(11)20/h3-8,22H,9H2,1-2H3. The largest absolute Gasteiger partial charge is 0.496 e. The molecule has 1 aromatic heterocycles. The van der Waals surface area contributed by atoms with Crippen LogP contribution in [0.3, 0.4) is 0 Å². The van der Waals surface area contributed by atoms with Crippen molar-refractivity contribution in [1.82, 2.24) is 5.16 Å². The van der Waals surface area contributed by atoms with Gasteiger partial charge in [-0.1, -0.05) is 11.2 Å². The highest BCUT2D eigenvalue weighted by Crippen LogP contribution is 2.42. The maximum absolute atomic E-state index is 14.1. The molecule has 0 radical (unpaired) electrons. The molecule has 3 aromatic rings. The van der Waals surface area contributed by atoms with E-state index in [4.69, 9.17) is 14.0 Å². The minimum absolute atomic E-state index is 0.0162. The molecule has 0 saturated carbocycles. The topological polar surface area (TPSA) is 64.7 Å². The zero-order valence-corrected chi connectivity index (χ0v) is 13.5. The van der Waals surface area contributed by atoms with Crippen LogP contribution in [0.5, 0.6) is 11.5 Å². The Balaban J connectivity index is 2.25. The smallest absolute Gasteiger partial charge is 0.180 e. The Hall–Kier alpha value is -2.93. The molecular formula is C18H15F2NO4. The molecule has 0 aliphatic carbocycles. The van der Waals surface area contributed by atoms with Gasteiger partial charge in [-0.15, -0.1) is 0 Å². The highest BCUT2D eigenvalue weighted by atomic mass is 19.1. The third-order valence-electron chi connectivity index (χ3n) is 3.78. The summed E-state index contributed by atoms with van der Waals surface area (Å²) in [7, 11) is 2.95. The molecule has 0 aliphatic heterocycles. The summed E-state index contributed by atoms with van der Waals surface area (Å²) in [6.07, 6.45) is 0. The van der Waals surface area contributed by atoms with Crippen molar-refractivity contribution in [3.05, 3.63) is 53.6 Å². The Bertz CT molecular complexity index is 886. The lowest BCUT2D eigenvalue weighted by Crippen LogP contribution is -1.96. The molecule has 2 aromatic carbocycles. The molecule has 0 amide bonds. The summed E-state index contributed by atoms with van der Waals surface area (Å²) in [5.74, 6) is -0.286. The van der Waals surface area contributed by atoms with E-state index in [1.54, 1.807) is 18.2 Å². The summed E-state index contributed by atoms with van der Waals surface area (Å²) >= 11 is 0. The summed E-state index contributed by atoms with van der Waals surface area (Å²) < 4.78 is 43.6. The number of halogens is 2. The molecule has 0 atom stereocenters. The second kappa shape index (κ2) is 6.90. The molecule has 5 nitrogen and oxygen atoms in total. The van der Waals surface area contributed by atoms with Gasteiger partial charge in [0.05, 0.1) is 26.4 Å². The van der Waals surface area contributed by atoms with Gasteiger partial charge in [0.15, 0.2) is 5.76 Å². The maximum Gasteiger partial charge on any atom is 0.180 e. The SMILES string of the molecule is COc1cccc(OC)c1-c1onc(-c2cc(F)ccc2F)c1CO. The molecule has 130 valence electrons. The van der Waals surface area contributed by atoms with Gasteiger partial charge < -0.3 is 19.1 Å². The summed E-state index contributed by atoms with van der Waals surface area (Å²) in [5.41, 5.74) is 0.537. The molecular weight excluding hydrogens is 332 g/mol. The van der Waals surface area contributed by atoms with Crippen LogP contribution in [-0.2, 0) is 6.61 Å². The van der Waals surface area contributed by atoms with Gasteiger partial charge in [-0.05, 0) is 30.3 Å². The number of hydrogen-bond acceptors (Lipinski definition) is 5. The average Bonchev–Trinajstić information content (AvgIpc) is 3.06. The van der Waals surface area contributed by atoms with Crippen LogP contribution in [0.2, 0.25) is 0 Å². The van der Waals surface area contributed by atoms with E-state index in [9.17, 15) is 13.9 Å². The van der Waals surface area contributed by atoms with Gasteiger partial charge in [0.1, 0.15) is 34.4 Å². The number of benzene rings is 2. The van der Waals surface area contributed by atoms with Gasteiger partial charge in [0.25, 0.3) is 0 Å². The summed E-state index contributed by atoms with van der Waals surface area (Å²) in [6, 6.07) is 8.08. The highest BCUT2D eigenvalue weighted by Gasteiger charge is 2.25. The first-order valence-electron chi connectivity index (χ1n) is 7.36.